The second-order valence-corrected chi connectivity index (χ2v) is 5.95. The number of rotatable bonds is 4. The molecule has 0 aliphatic carbocycles. The van der Waals surface area contributed by atoms with Crippen LogP contribution in [0.4, 0.5) is 5.13 Å². The summed E-state index contributed by atoms with van der Waals surface area (Å²) in [5.74, 6) is 0. The second kappa shape index (κ2) is 5.53. The van der Waals surface area contributed by atoms with Gasteiger partial charge < -0.3 is 5.32 Å². The summed E-state index contributed by atoms with van der Waals surface area (Å²) < 4.78 is 0. The molecule has 1 heterocycles. The van der Waals surface area contributed by atoms with Crippen LogP contribution in [0.1, 0.15) is 30.7 Å². The summed E-state index contributed by atoms with van der Waals surface area (Å²) in [4.78, 5) is 5.97. The van der Waals surface area contributed by atoms with Gasteiger partial charge in [0.15, 0.2) is 5.13 Å². The number of hydrogen-bond donors (Lipinski definition) is 1. The molecule has 0 aliphatic heterocycles. The number of nitrogens with one attached hydrogen (secondary N) is 1. The second-order valence-electron chi connectivity index (χ2n) is 4.74. The van der Waals surface area contributed by atoms with Crippen molar-refractivity contribution >= 4 is 16.5 Å². The SMILES string of the molecule is CCC(C)Nc1nc(-c2ccc(C)cc2)c(C)s1. The Bertz CT molecular complexity index is 514. The standard InChI is InChI=1S/C15H20N2S/c1-5-11(3)16-15-17-14(12(4)18-15)13-8-6-10(2)7-9-13/h6-9,11H,5H2,1-4H3,(H,16,17). The van der Waals surface area contributed by atoms with Crippen molar-refractivity contribution in [2.24, 2.45) is 0 Å². The smallest absolute Gasteiger partial charge is 0.183 e. The molecule has 1 aromatic heterocycles. The highest BCUT2D eigenvalue weighted by molar-refractivity contribution is 7.16. The molecule has 2 nitrogen and oxygen atoms in total. The summed E-state index contributed by atoms with van der Waals surface area (Å²) in [7, 11) is 0. The average Bonchev–Trinajstić information content (AvgIpc) is 2.71. The summed E-state index contributed by atoms with van der Waals surface area (Å²) in [5.41, 5.74) is 3.59. The van der Waals surface area contributed by atoms with Crippen molar-refractivity contribution in [2.75, 3.05) is 5.32 Å². The van der Waals surface area contributed by atoms with E-state index < -0.39 is 0 Å². The normalized spacial score (nSPS) is 12.4. The molecule has 96 valence electrons. The number of benzene rings is 1. The fraction of sp³-hybridized carbons (Fsp3) is 0.400. The van der Waals surface area contributed by atoms with Gasteiger partial charge >= 0.3 is 0 Å². The van der Waals surface area contributed by atoms with Gasteiger partial charge in [-0.2, -0.15) is 0 Å². The lowest BCUT2D eigenvalue weighted by molar-refractivity contribution is 0.763. The molecule has 0 saturated carbocycles. The van der Waals surface area contributed by atoms with Crippen LogP contribution in [0.15, 0.2) is 24.3 Å². The first-order valence-electron chi connectivity index (χ1n) is 6.41. The molecule has 0 fully saturated rings. The maximum absolute atomic E-state index is 4.71. The molecule has 0 aliphatic rings. The molecule has 1 N–H and O–H groups in total. The first-order chi connectivity index (χ1) is 8.60. The lowest BCUT2D eigenvalue weighted by Crippen LogP contribution is -2.12. The van der Waals surface area contributed by atoms with Gasteiger partial charge in [-0.25, -0.2) is 4.98 Å². The van der Waals surface area contributed by atoms with Gasteiger partial charge in [-0.15, -0.1) is 11.3 Å². The molecule has 18 heavy (non-hydrogen) atoms. The van der Waals surface area contributed by atoms with Crippen molar-refractivity contribution in [2.45, 2.75) is 40.2 Å². The number of aryl methyl sites for hydroxylation is 2. The summed E-state index contributed by atoms with van der Waals surface area (Å²) >= 11 is 1.73. The van der Waals surface area contributed by atoms with E-state index in [4.69, 9.17) is 4.98 Å². The Morgan fingerprint density at radius 1 is 1.22 bits per heavy atom. The van der Waals surface area contributed by atoms with Crippen LogP contribution in [-0.4, -0.2) is 11.0 Å². The van der Waals surface area contributed by atoms with Crippen LogP contribution < -0.4 is 5.32 Å². The third kappa shape index (κ3) is 2.91. The Morgan fingerprint density at radius 3 is 2.50 bits per heavy atom. The van der Waals surface area contributed by atoms with E-state index in [2.05, 4.69) is 57.3 Å². The summed E-state index contributed by atoms with van der Waals surface area (Å²) in [6, 6.07) is 9.03. The van der Waals surface area contributed by atoms with E-state index in [1.165, 1.54) is 16.0 Å². The molecular weight excluding hydrogens is 240 g/mol. The molecule has 1 unspecified atom stereocenters. The number of thiazole rings is 1. The Balaban J connectivity index is 2.26. The molecule has 0 amide bonds. The van der Waals surface area contributed by atoms with E-state index in [0.717, 1.165) is 17.2 Å². The minimum Gasteiger partial charge on any atom is -0.359 e. The average molecular weight is 260 g/mol. The zero-order valence-electron chi connectivity index (χ0n) is 11.4. The van der Waals surface area contributed by atoms with Crippen LogP contribution in [0.3, 0.4) is 0 Å². The predicted molar refractivity (Wildman–Crippen MR) is 80.4 cm³/mol. The van der Waals surface area contributed by atoms with E-state index in [0.29, 0.717) is 6.04 Å². The van der Waals surface area contributed by atoms with Crippen molar-refractivity contribution in [3.63, 3.8) is 0 Å². The van der Waals surface area contributed by atoms with Crippen molar-refractivity contribution in [1.82, 2.24) is 4.98 Å². The maximum Gasteiger partial charge on any atom is 0.183 e. The fourth-order valence-corrected chi connectivity index (χ4v) is 2.70. The van der Waals surface area contributed by atoms with Crippen LogP contribution in [-0.2, 0) is 0 Å². The Hall–Kier alpha value is -1.35. The minimum atomic E-state index is 0.474. The molecule has 1 atom stereocenters. The molecule has 3 heteroatoms. The van der Waals surface area contributed by atoms with Crippen LogP contribution in [0.25, 0.3) is 11.3 Å². The van der Waals surface area contributed by atoms with Crippen LogP contribution >= 0.6 is 11.3 Å². The molecule has 0 bridgehead atoms. The fourth-order valence-electron chi connectivity index (χ4n) is 1.75. The topological polar surface area (TPSA) is 24.9 Å². The van der Waals surface area contributed by atoms with Gasteiger partial charge in [0.1, 0.15) is 0 Å². The van der Waals surface area contributed by atoms with Crippen LogP contribution in [0.2, 0.25) is 0 Å². The number of aromatic nitrogens is 1. The van der Waals surface area contributed by atoms with E-state index in [1.54, 1.807) is 11.3 Å². The van der Waals surface area contributed by atoms with Crippen molar-refractivity contribution in [1.29, 1.82) is 0 Å². The summed E-state index contributed by atoms with van der Waals surface area (Å²) in [6.45, 7) is 8.60. The van der Waals surface area contributed by atoms with Crippen molar-refractivity contribution in [3.05, 3.63) is 34.7 Å². The van der Waals surface area contributed by atoms with Gasteiger partial charge in [-0.1, -0.05) is 36.8 Å². The summed E-state index contributed by atoms with van der Waals surface area (Å²) in [5, 5.41) is 4.47. The number of hydrogen-bond acceptors (Lipinski definition) is 3. The summed E-state index contributed by atoms with van der Waals surface area (Å²) in [6.07, 6.45) is 1.11. The maximum atomic E-state index is 4.71. The molecule has 2 aromatic rings. The van der Waals surface area contributed by atoms with Gasteiger partial charge in [0, 0.05) is 16.5 Å². The Kier molecular flexibility index (Phi) is 4.02. The van der Waals surface area contributed by atoms with E-state index in [1.807, 2.05) is 0 Å². The molecule has 0 radical (unpaired) electrons. The first-order valence-corrected chi connectivity index (χ1v) is 7.22. The number of nitrogens with zero attached hydrogens (tertiary/aromatic N) is 1. The van der Waals surface area contributed by atoms with E-state index in [9.17, 15) is 0 Å². The van der Waals surface area contributed by atoms with Crippen molar-refractivity contribution in [3.8, 4) is 11.3 Å². The predicted octanol–water partition coefficient (Wildman–Crippen LogP) is 4.64. The largest absolute Gasteiger partial charge is 0.359 e. The highest BCUT2D eigenvalue weighted by Crippen LogP contribution is 2.30. The number of anilines is 1. The monoisotopic (exact) mass is 260 g/mol. The van der Waals surface area contributed by atoms with Crippen LogP contribution in [0.5, 0.6) is 0 Å². The van der Waals surface area contributed by atoms with Gasteiger partial charge in [-0.05, 0) is 27.2 Å². The highest BCUT2D eigenvalue weighted by Gasteiger charge is 2.10. The van der Waals surface area contributed by atoms with Gasteiger partial charge in [0.2, 0.25) is 0 Å². The van der Waals surface area contributed by atoms with Crippen molar-refractivity contribution < 1.29 is 0 Å². The quantitative estimate of drug-likeness (QED) is 0.866. The van der Waals surface area contributed by atoms with Gasteiger partial charge in [0.25, 0.3) is 0 Å². The van der Waals surface area contributed by atoms with Gasteiger partial charge in [0.05, 0.1) is 5.69 Å². The molecule has 0 spiro atoms. The lowest BCUT2D eigenvalue weighted by atomic mass is 10.1. The molecular formula is C15H20N2S. The zero-order chi connectivity index (χ0) is 13.1. The molecule has 1 aromatic carbocycles. The third-order valence-electron chi connectivity index (χ3n) is 3.10. The van der Waals surface area contributed by atoms with Gasteiger partial charge in [-0.3, -0.25) is 0 Å². The first kappa shape index (κ1) is 13.1. The lowest BCUT2D eigenvalue weighted by Gasteiger charge is -2.08. The molecule has 0 saturated heterocycles. The minimum absolute atomic E-state index is 0.474. The van der Waals surface area contributed by atoms with Crippen LogP contribution in [0, 0.1) is 13.8 Å². The third-order valence-corrected chi connectivity index (χ3v) is 4.01. The van der Waals surface area contributed by atoms with E-state index >= 15 is 0 Å². The zero-order valence-corrected chi connectivity index (χ0v) is 12.3. The Morgan fingerprint density at radius 2 is 1.89 bits per heavy atom. The van der Waals surface area contributed by atoms with E-state index in [-0.39, 0.29) is 0 Å². The molecule has 2 rings (SSSR count). The Labute approximate surface area is 113 Å². The highest BCUT2D eigenvalue weighted by atomic mass is 32.1.